The first-order valence-electron chi connectivity index (χ1n) is 6.33. The van der Waals surface area contributed by atoms with Crippen LogP contribution in [0.15, 0.2) is 0 Å². The summed E-state index contributed by atoms with van der Waals surface area (Å²) >= 11 is 0. The van der Waals surface area contributed by atoms with Gasteiger partial charge in [-0.3, -0.25) is 4.90 Å². The highest BCUT2D eigenvalue weighted by molar-refractivity contribution is 4.65. The van der Waals surface area contributed by atoms with Crippen LogP contribution in [0.2, 0.25) is 0 Å². The Hall–Kier alpha value is -0.160. The molecule has 0 heterocycles. The molecule has 0 amide bonds. The smallest absolute Gasteiger partial charge is 0.0110 e. The largest absolute Gasteiger partial charge is 0.318 e. The standard InChI is InChI=1S/C12H30N4/c1-12(2)15(5)10-11-16(8-6-13-3)9-7-14-4/h12-14H,6-11H2,1-5H3. The Balaban J connectivity index is 3.80. The number of nitrogens with one attached hydrogen (secondary N) is 2. The Kier molecular flexibility index (Phi) is 9.92. The van der Waals surface area contributed by atoms with E-state index in [1.807, 2.05) is 14.1 Å². The molecular formula is C12H30N4. The van der Waals surface area contributed by atoms with Gasteiger partial charge in [-0.2, -0.15) is 0 Å². The molecule has 16 heavy (non-hydrogen) atoms. The van der Waals surface area contributed by atoms with Gasteiger partial charge in [-0.05, 0) is 35.0 Å². The number of likely N-dealkylation sites (N-methyl/N-ethyl adjacent to an activating group) is 3. The quantitative estimate of drug-likeness (QED) is 0.556. The van der Waals surface area contributed by atoms with Gasteiger partial charge in [-0.15, -0.1) is 0 Å². The molecular weight excluding hydrogens is 200 g/mol. The van der Waals surface area contributed by atoms with Gasteiger partial charge in [0.05, 0.1) is 0 Å². The Labute approximate surface area is 101 Å². The van der Waals surface area contributed by atoms with E-state index in [9.17, 15) is 0 Å². The van der Waals surface area contributed by atoms with E-state index in [4.69, 9.17) is 0 Å². The van der Waals surface area contributed by atoms with Gasteiger partial charge in [0.1, 0.15) is 0 Å². The zero-order valence-corrected chi connectivity index (χ0v) is 11.7. The maximum atomic E-state index is 3.21. The zero-order chi connectivity index (χ0) is 12.4. The van der Waals surface area contributed by atoms with Crippen molar-refractivity contribution >= 4 is 0 Å². The second-order valence-corrected chi connectivity index (χ2v) is 4.62. The predicted octanol–water partition coefficient (Wildman–Crippen LogP) is 0.0674. The van der Waals surface area contributed by atoms with Crippen LogP contribution < -0.4 is 10.6 Å². The summed E-state index contributed by atoms with van der Waals surface area (Å²) in [6.45, 7) is 11.2. The first kappa shape index (κ1) is 15.8. The number of hydrogen-bond acceptors (Lipinski definition) is 4. The van der Waals surface area contributed by atoms with E-state index < -0.39 is 0 Å². The monoisotopic (exact) mass is 230 g/mol. The predicted molar refractivity (Wildman–Crippen MR) is 72.1 cm³/mol. The van der Waals surface area contributed by atoms with Crippen LogP contribution >= 0.6 is 0 Å². The van der Waals surface area contributed by atoms with Crippen molar-refractivity contribution in [1.29, 1.82) is 0 Å². The zero-order valence-electron chi connectivity index (χ0n) is 11.7. The van der Waals surface area contributed by atoms with E-state index in [-0.39, 0.29) is 0 Å². The van der Waals surface area contributed by atoms with Crippen LogP contribution in [0.25, 0.3) is 0 Å². The molecule has 0 spiro atoms. The fourth-order valence-electron chi connectivity index (χ4n) is 1.43. The second kappa shape index (κ2) is 10.0. The summed E-state index contributed by atoms with van der Waals surface area (Å²) < 4.78 is 0. The van der Waals surface area contributed by atoms with E-state index in [0.29, 0.717) is 6.04 Å². The summed E-state index contributed by atoms with van der Waals surface area (Å²) in [4.78, 5) is 4.90. The maximum absolute atomic E-state index is 3.21. The SMILES string of the molecule is CNCCN(CCNC)CCN(C)C(C)C. The summed E-state index contributed by atoms with van der Waals surface area (Å²) in [5.41, 5.74) is 0. The lowest BCUT2D eigenvalue weighted by molar-refractivity contribution is 0.204. The van der Waals surface area contributed by atoms with Crippen molar-refractivity contribution in [2.24, 2.45) is 0 Å². The Morgan fingerprint density at radius 2 is 1.38 bits per heavy atom. The molecule has 0 fully saturated rings. The van der Waals surface area contributed by atoms with Crippen molar-refractivity contribution in [2.75, 3.05) is 60.4 Å². The lowest BCUT2D eigenvalue weighted by atomic mass is 10.3. The van der Waals surface area contributed by atoms with Crippen molar-refractivity contribution in [1.82, 2.24) is 20.4 Å². The van der Waals surface area contributed by atoms with E-state index in [2.05, 4.69) is 41.3 Å². The van der Waals surface area contributed by atoms with Gasteiger partial charge in [0, 0.05) is 45.3 Å². The normalized spacial score (nSPS) is 12.0. The molecule has 0 aliphatic rings. The van der Waals surface area contributed by atoms with Crippen LogP contribution in [-0.4, -0.2) is 76.3 Å². The topological polar surface area (TPSA) is 30.5 Å². The van der Waals surface area contributed by atoms with Crippen LogP contribution in [0.4, 0.5) is 0 Å². The van der Waals surface area contributed by atoms with Crippen molar-refractivity contribution < 1.29 is 0 Å². The summed E-state index contributed by atoms with van der Waals surface area (Å²) in [5, 5.41) is 6.42. The van der Waals surface area contributed by atoms with E-state index >= 15 is 0 Å². The Morgan fingerprint density at radius 3 is 1.75 bits per heavy atom. The van der Waals surface area contributed by atoms with Crippen LogP contribution in [0.1, 0.15) is 13.8 Å². The summed E-state index contributed by atoms with van der Waals surface area (Å²) in [6, 6.07) is 0.635. The molecule has 0 aliphatic carbocycles. The van der Waals surface area contributed by atoms with Crippen molar-refractivity contribution in [3.63, 3.8) is 0 Å². The van der Waals surface area contributed by atoms with Gasteiger partial charge in [-0.1, -0.05) is 0 Å². The lowest BCUT2D eigenvalue weighted by Crippen LogP contribution is -2.41. The van der Waals surface area contributed by atoms with Gasteiger partial charge in [0.25, 0.3) is 0 Å². The second-order valence-electron chi connectivity index (χ2n) is 4.62. The van der Waals surface area contributed by atoms with Crippen LogP contribution in [0, 0.1) is 0 Å². The molecule has 2 N–H and O–H groups in total. The number of rotatable bonds is 10. The number of nitrogens with zero attached hydrogens (tertiary/aromatic N) is 2. The average Bonchev–Trinajstić information content (AvgIpc) is 2.27. The fraction of sp³-hybridized carbons (Fsp3) is 1.00. The van der Waals surface area contributed by atoms with Crippen LogP contribution in [-0.2, 0) is 0 Å². The Morgan fingerprint density at radius 1 is 0.875 bits per heavy atom. The minimum absolute atomic E-state index is 0.635. The van der Waals surface area contributed by atoms with Crippen molar-refractivity contribution in [3.05, 3.63) is 0 Å². The molecule has 0 atom stereocenters. The molecule has 0 rings (SSSR count). The molecule has 0 aromatic carbocycles. The highest BCUT2D eigenvalue weighted by Gasteiger charge is 2.07. The molecule has 4 nitrogen and oxygen atoms in total. The molecule has 0 unspecified atom stereocenters. The first-order chi connectivity index (χ1) is 7.61. The molecule has 0 radical (unpaired) electrons. The van der Waals surface area contributed by atoms with E-state index in [1.165, 1.54) is 0 Å². The van der Waals surface area contributed by atoms with E-state index in [1.54, 1.807) is 0 Å². The average molecular weight is 230 g/mol. The maximum Gasteiger partial charge on any atom is 0.0110 e. The van der Waals surface area contributed by atoms with Gasteiger partial charge in [-0.25, -0.2) is 0 Å². The Bertz CT molecular complexity index is 142. The third kappa shape index (κ3) is 8.05. The molecule has 0 aromatic rings. The summed E-state index contributed by atoms with van der Waals surface area (Å²) in [5.74, 6) is 0. The third-order valence-corrected chi connectivity index (χ3v) is 3.01. The molecule has 0 aliphatic heterocycles. The van der Waals surface area contributed by atoms with E-state index in [0.717, 1.165) is 39.3 Å². The van der Waals surface area contributed by atoms with Crippen LogP contribution in [0.5, 0.6) is 0 Å². The van der Waals surface area contributed by atoms with Crippen LogP contribution in [0.3, 0.4) is 0 Å². The molecule has 0 saturated carbocycles. The molecule has 0 aromatic heterocycles. The number of hydrogen-bond donors (Lipinski definition) is 2. The molecule has 0 bridgehead atoms. The molecule has 4 heteroatoms. The van der Waals surface area contributed by atoms with Gasteiger partial charge >= 0.3 is 0 Å². The van der Waals surface area contributed by atoms with Crippen molar-refractivity contribution in [3.8, 4) is 0 Å². The first-order valence-corrected chi connectivity index (χ1v) is 6.33. The molecule has 98 valence electrons. The minimum Gasteiger partial charge on any atom is -0.318 e. The highest BCUT2D eigenvalue weighted by Crippen LogP contribution is 1.95. The summed E-state index contributed by atoms with van der Waals surface area (Å²) in [7, 11) is 6.21. The fourth-order valence-corrected chi connectivity index (χ4v) is 1.43. The molecule has 0 saturated heterocycles. The van der Waals surface area contributed by atoms with Crippen molar-refractivity contribution in [2.45, 2.75) is 19.9 Å². The van der Waals surface area contributed by atoms with Gasteiger partial charge < -0.3 is 15.5 Å². The third-order valence-electron chi connectivity index (χ3n) is 3.01. The van der Waals surface area contributed by atoms with Gasteiger partial charge in [0.2, 0.25) is 0 Å². The van der Waals surface area contributed by atoms with Gasteiger partial charge in [0.15, 0.2) is 0 Å². The lowest BCUT2D eigenvalue weighted by Gasteiger charge is -2.27. The minimum atomic E-state index is 0.635. The highest BCUT2D eigenvalue weighted by atomic mass is 15.2. The summed E-state index contributed by atoms with van der Waals surface area (Å²) in [6.07, 6.45) is 0.